The minimum atomic E-state index is -1.12. The zero-order valence-corrected chi connectivity index (χ0v) is 13.8. The van der Waals surface area contributed by atoms with Gasteiger partial charge in [0.05, 0.1) is 6.04 Å². The number of benzene rings is 2. The van der Waals surface area contributed by atoms with Gasteiger partial charge in [-0.3, -0.25) is 9.00 Å². The van der Waals surface area contributed by atoms with Crippen molar-refractivity contribution in [1.29, 1.82) is 0 Å². The average molecular weight is 353 g/mol. The van der Waals surface area contributed by atoms with Gasteiger partial charge < -0.3 is 10.1 Å². The summed E-state index contributed by atoms with van der Waals surface area (Å²) >= 11 is 0. The molecule has 0 saturated carbocycles. The van der Waals surface area contributed by atoms with Crippen molar-refractivity contribution in [2.75, 3.05) is 18.6 Å². The summed E-state index contributed by atoms with van der Waals surface area (Å²) in [7, 11) is -1.12. The molecule has 2 aromatic carbocycles. The summed E-state index contributed by atoms with van der Waals surface area (Å²) in [5.41, 5.74) is 0.814. The van der Waals surface area contributed by atoms with Crippen LogP contribution in [0.25, 0.3) is 0 Å². The quantitative estimate of drug-likeness (QED) is 0.832. The van der Waals surface area contributed by atoms with E-state index in [4.69, 9.17) is 4.74 Å². The molecule has 2 aromatic rings. The van der Waals surface area contributed by atoms with Gasteiger partial charge in [-0.05, 0) is 17.7 Å². The van der Waals surface area contributed by atoms with E-state index in [2.05, 4.69) is 5.32 Å². The summed E-state index contributed by atoms with van der Waals surface area (Å²) in [5, 5.41) is 2.71. The Morgan fingerprint density at radius 3 is 2.54 bits per heavy atom. The molecule has 2 rings (SSSR count). The fourth-order valence-corrected chi connectivity index (χ4v) is 2.86. The molecule has 128 valence electrons. The van der Waals surface area contributed by atoms with Gasteiger partial charge in [-0.15, -0.1) is 0 Å². The molecule has 4 nitrogen and oxygen atoms in total. The molecule has 7 heteroatoms. The second-order valence-corrected chi connectivity index (χ2v) is 6.61. The van der Waals surface area contributed by atoms with E-state index >= 15 is 0 Å². The average Bonchev–Trinajstić information content (AvgIpc) is 2.54. The highest BCUT2D eigenvalue weighted by Gasteiger charge is 2.17. The van der Waals surface area contributed by atoms with Crippen LogP contribution in [0, 0.1) is 11.6 Å². The number of nitrogens with one attached hydrogen (secondary N) is 1. The second-order valence-electron chi connectivity index (χ2n) is 5.13. The Morgan fingerprint density at radius 2 is 1.92 bits per heavy atom. The third-order valence-electron chi connectivity index (χ3n) is 3.19. The molecule has 0 aliphatic carbocycles. The number of hydrogen-bond donors (Lipinski definition) is 1. The molecule has 0 radical (unpaired) electrons. The fourth-order valence-electron chi connectivity index (χ4n) is 2.11. The van der Waals surface area contributed by atoms with Gasteiger partial charge in [-0.1, -0.05) is 30.3 Å². The monoisotopic (exact) mass is 353 g/mol. The molecule has 0 bridgehead atoms. The van der Waals surface area contributed by atoms with Gasteiger partial charge in [-0.2, -0.15) is 0 Å². The minimum Gasteiger partial charge on any atom is -0.481 e. The number of halogens is 2. The first-order valence-corrected chi connectivity index (χ1v) is 8.90. The van der Waals surface area contributed by atoms with Gasteiger partial charge in [0.2, 0.25) is 0 Å². The Bertz CT molecular complexity index is 725. The van der Waals surface area contributed by atoms with E-state index in [0.29, 0.717) is 6.07 Å². The number of carbonyl (C=O) groups is 1. The van der Waals surface area contributed by atoms with Gasteiger partial charge in [0, 0.05) is 28.9 Å². The van der Waals surface area contributed by atoms with E-state index in [0.717, 1.165) is 17.7 Å². The lowest BCUT2D eigenvalue weighted by Crippen LogP contribution is -2.35. The molecule has 1 amide bonds. The Labute approximate surface area is 141 Å². The third-order valence-corrected chi connectivity index (χ3v) is 3.99. The number of ether oxygens (including phenoxy) is 1. The van der Waals surface area contributed by atoms with Gasteiger partial charge in [0.1, 0.15) is 5.82 Å². The number of carbonyl (C=O) groups excluding carboxylic acids is 1. The highest BCUT2D eigenvalue weighted by Crippen LogP contribution is 2.18. The maximum Gasteiger partial charge on any atom is 0.258 e. The molecule has 0 heterocycles. The zero-order chi connectivity index (χ0) is 17.5. The lowest BCUT2D eigenvalue weighted by molar-refractivity contribution is -0.123. The Morgan fingerprint density at radius 1 is 1.21 bits per heavy atom. The highest BCUT2D eigenvalue weighted by molar-refractivity contribution is 7.84. The first-order valence-electron chi connectivity index (χ1n) is 7.18. The van der Waals surface area contributed by atoms with Crippen LogP contribution in [0.1, 0.15) is 11.6 Å². The standard InChI is InChI=1S/C17H17F2NO3S/c1-24(22)11-15(12-5-3-2-4-6-12)20-17(21)10-23-16-8-7-13(18)9-14(16)19/h2-9,15H,10-11H2,1H3,(H,20,21). The fraction of sp³-hybridized carbons (Fsp3) is 0.235. The molecule has 0 aromatic heterocycles. The summed E-state index contributed by atoms with van der Waals surface area (Å²) in [5.74, 6) is -2.04. The van der Waals surface area contributed by atoms with Crippen LogP contribution in [-0.4, -0.2) is 28.7 Å². The number of hydrogen-bond acceptors (Lipinski definition) is 3. The van der Waals surface area contributed by atoms with Crippen molar-refractivity contribution in [3.8, 4) is 5.75 Å². The molecular weight excluding hydrogens is 336 g/mol. The molecule has 0 aliphatic rings. The molecule has 2 atom stereocenters. The molecule has 24 heavy (non-hydrogen) atoms. The predicted octanol–water partition coefficient (Wildman–Crippen LogP) is 2.58. The van der Waals surface area contributed by atoms with Crippen molar-refractivity contribution >= 4 is 16.7 Å². The number of amides is 1. The molecule has 2 unspecified atom stereocenters. The minimum absolute atomic E-state index is 0.207. The molecule has 0 aliphatic heterocycles. The molecule has 0 fully saturated rings. The van der Waals surface area contributed by atoms with Gasteiger partial charge in [0.25, 0.3) is 5.91 Å². The second kappa shape index (κ2) is 8.54. The van der Waals surface area contributed by atoms with Crippen LogP contribution in [0.5, 0.6) is 5.75 Å². The summed E-state index contributed by atoms with van der Waals surface area (Å²) in [6, 6.07) is 11.5. The lowest BCUT2D eigenvalue weighted by atomic mass is 10.1. The number of rotatable bonds is 7. The van der Waals surface area contributed by atoms with Crippen molar-refractivity contribution in [3.05, 3.63) is 65.7 Å². The summed E-state index contributed by atoms with van der Waals surface area (Å²) < 4.78 is 42.9. The smallest absolute Gasteiger partial charge is 0.258 e. The van der Waals surface area contributed by atoms with E-state index in [1.807, 2.05) is 30.3 Å². The first-order chi connectivity index (χ1) is 11.5. The maximum absolute atomic E-state index is 13.5. The predicted molar refractivity (Wildman–Crippen MR) is 88.1 cm³/mol. The van der Waals surface area contributed by atoms with E-state index in [1.165, 1.54) is 0 Å². The van der Waals surface area contributed by atoms with Gasteiger partial charge >= 0.3 is 0 Å². The molecule has 1 N–H and O–H groups in total. The van der Waals surface area contributed by atoms with E-state index < -0.39 is 41.0 Å². The van der Waals surface area contributed by atoms with Crippen LogP contribution < -0.4 is 10.1 Å². The molecular formula is C17H17F2NO3S. The molecule has 0 spiro atoms. The van der Waals surface area contributed by atoms with Crippen LogP contribution in [0.15, 0.2) is 48.5 Å². The van der Waals surface area contributed by atoms with Crippen LogP contribution in [-0.2, 0) is 15.6 Å². The van der Waals surface area contributed by atoms with Gasteiger partial charge in [-0.25, -0.2) is 8.78 Å². The van der Waals surface area contributed by atoms with Crippen molar-refractivity contribution < 1.29 is 22.5 Å². The molecule has 0 saturated heterocycles. The maximum atomic E-state index is 13.5. The Balaban J connectivity index is 1.98. The summed E-state index contributed by atoms with van der Waals surface area (Å²) in [4.78, 5) is 12.0. The summed E-state index contributed by atoms with van der Waals surface area (Å²) in [6.45, 7) is -0.428. The zero-order valence-electron chi connectivity index (χ0n) is 13.0. The topological polar surface area (TPSA) is 55.4 Å². The summed E-state index contributed by atoms with van der Waals surface area (Å²) in [6.07, 6.45) is 1.55. The SMILES string of the molecule is CS(=O)CC(NC(=O)COc1ccc(F)cc1F)c1ccccc1. The van der Waals surface area contributed by atoms with E-state index in [-0.39, 0.29) is 11.5 Å². The lowest BCUT2D eigenvalue weighted by Gasteiger charge is -2.18. The largest absolute Gasteiger partial charge is 0.481 e. The van der Waals surface area contributed by atoms with Crippen LogP contribution in [0.4, 0.5) is 8.78 Å². The van der Waals surface area contributed by atoms with Crippen molar-refractivity contribution in [2.24, 2.45) is 0 Å². The van der Waals surface area contributed by atoms with E-state index in [1.54, 1.807) is 6.26 Å². The van der Waals surface area contributed by atoms with Crippen molar-refractivity contribution in [1.82, 2.24) is 5.32 Å². The van der Waals surface area contributed by atoms with Crippen LogP contribution in [0.2, 0.25) is 0 Å². The van der Waals surface area contributed by atoms with Crippen molar-refractivity contribution in [2.45, 2.75) is 6.04 Å². The van der Waals surface area contributed by atoms with Crippen LogP contribution >= 0.6 is 0 Å². The van der Waals surface area contributed by atoms with Gasteiger partial charge in [0.15, 0.2) is 18.2 Å². The first kappa shape index (κ1) is 18.1. The van der Waals surface area contributed by atoms with Crippen molar-refractivity contribution in [3.63, 3.8) is 0 Å². The Kier molecular flexibility index (Phi) is 6.43. The van der Waals surface area contributed by atoms with Crippen LogP contribution in [0.3, 0.4) is 0 Å². The highest BCUT2D eigenvalue weighted by atomic mass is 32.2. The normalized spacial score (nSPS) is 13.1. The third kappa shape index (κ3) is 5.42. The Hall–Kier alpha value is -2.28. The van der Waals surface area contributed by atoms with E-state index in [9.17, 15) is 17.8 Å².